The number of H-pyrrole nitrogens is 1. The zero-order valence-electron chi connectivity index (χ0n) is 16.2. The lowest BCUT2D eigenvalue weighted by molar-refractivity contribution is -0.378. The van der Waals surface area contributed by atoms with Crippen LogP contribution in [0.15, 0.2) is 36.8 Å². The van der Waals surface area contributed by atoms with Crippen LogP contribution >= 0.6 is 0 Å². The number of nitrogens with one attached hydrogen (secondary N) is 3. The molecule has 0 amide bonds. The van der Waals surface area contributed by atoms with E-state index in [1.54, 1.807) is 0 Å². The van der Waals surface area contributed by atoms with Gasteiger partial charge < -0.3 is 15.4 Å². The molecule has 0 fully saturated rings. The van der Waals surface area contributed by atoms with Crippen LogP contribution in [0.1, 0.15) is 30.9 Å². The highest BCUT2D eigenvalue weighted by atomic mass is 16.5. The van der Waals surface area contributed by atoms with Crippen LogP contribution in [0.4, 0.5) is 11.6 Å². The fourth-order valence-electron chi connectivity index (χ4n) is 2.83. The smallest absolute Gasteiger partial charge is 0.171 e. The molecule has 0 radical (unpaired) electrons. The average Bonchev–Trinajstić information content (AvgIpc) is 3.15. The summed E-state index contributed by atoms with van der Waals surface area (Å²) in [6, 6.07) is 6.05. The lowest BCUT2D eigenvalue weighted by Crippen LogP contribution is -2.12. The van der Waals surface area contributed by atoms with Crippen molar-refractivity contribution >= 4 is 17.3 Å². The number of hydrogen-bond donors (Lipinski definition) is 2. The number of rotatable bonds is 11. The van der Waals surface area contributed by atoms with E-state index < -0.39 is 0 Å². The number of fused-ring (bicyclic) bond motifs is 1. The lowest BCUT2D eigenvalue weighted by Gasteiger charge is -2.12. The maximum absolute atomic E-state index is 5.49. The van der Waals surface area contributed by atoms with Gasteiger partial charge in [-0.2, -0.15) is 9.61 Å². The molecule has 0 aromatic carbocycles. The molecule has 146 valence electrons. The minimum atomic E-state index is 0.612. The van der Waals surface area contributed by atoms with E-state index in [1.807, 2.05) is 35.2 Å². The maximum Gasteiger partial charge on any atom is 0.171 e. The summed E-state index contributed by atoms with van der Waals surface area (Å²) in [4.78, 5) is 7.85. The van der Waals surface area contributed by atoms with Crippen LogP contribution in [0.2, 0.25) is 0 Å². The second-order valence-corrected chi connectivity index (χ2v) is 6.40. The Morgan fingerprint density at radius 1 is 1.32 bits per heavy atom. The first-order valence-corrected chi connectivity index (χ1v) is 9.63. The van der Waals surface area contributed by atoms with Crippen molar-refractivity contribution in [3.05, 3.63) is 47.9 Å². The van der Waals surface area contributed by atoms with Crippen molar-refractivity contribution < 1.29 is 9.72 Å². The van der Waals surface area contributed by atoms with Crippen molar-refractivity contribution in [3.8, 4) is 12.3 Å². The third-order valence-corrected chi connectivity index (χ3v) is 4.33. The maximum atomic E-state index is 5.49. The van der Waals surface area contributed by atoms with Crippen LogP contribution < -0.4 is 15.6 Å². The topological polar surface area (TPSA) is 77.6 Å². The fraction of sp³-hybridized carbons (Fsp3) is 0.381. The van der Waals surface area contributed by atoms with Crippen LogP contribution in [0.25, 0.3) is 5.65 Å². The predicted octanol–water partition coefficient (Wildman–Crippen LogP) is 2.56. The molecular weight excluding hydrogens is 352 g/mol. The van der Waals surface area contributed by atoms with Crippen molar-refractivity contribution in [3.63, 3.8) is 0 Å². The van der Waals surface area contributed by atoms with Crippen molar-refractivity contribution in [1.82, 2.24) is 14.6 Å². The number of aromatic nitrogens is 4. The van der Waals surface area contributed by atoms with Crippen LogP contribution in [0, 0.1) is 12.3 Å². The number of pyridine rings is 1. The molecule has 3 heterocycles. The minimum Gasteiger partial charge on any atom is -0.380 e. The van der Waals surface area contributed by atoms with Gasteiger partial charge >= 0.3 is 0 Å². The molecule has 0 atom stereocenters. The van der Waals surface area contributed by atoms with Crippen LogP contribution in [-0.2, 0) is 17.7 Å². The van der Waals surface area contributed by atoms with E-state index in [0.717, 1.165) is 47.8 Å². The van der Waals surface area contributed by atoms with Gasteiger partial charge in [-0.15, -0.1) is 12.3 Å². The number of aromatic amines is 1. The first kappa shape index (κ1) is 19.6. The van der Waals surface area contributed by atoms with E-state index in [4.69, 9.17) is 16.1 Å². The third-order valence-electron chi connectivity index (χ3n) is 4.33. The van der Waals surface area contributed by atoms with Gasteiger partial charge in [-0.25, -0.2) is 9.97 Å². The summed E-state index contributed by atoms with van der Waals surface area (Å²) in [5.74, 6) is 4.30. The Balaban J connectivity index is 1.67. The standard InChI is InChI=1S/C21H26N6O/c1-3-5-11-28-12-7-10-23-19-13-20(24-15-17-8-6-9-22-14-17)27-21(26-19)18(4-2)16-25-27/h1,6,8-9,13-14,16,24H,4-5,7,10-12,15H2,2H3,(H,23,26)/p+1. The van der Waals surface area contributed by atoms with Crippen molar-refractivity contribution in [1.29, 1.82) is 0 Å². The minimum absolute atomic E-state index is 0.612. The SMILES string of the molecule is C#CCCOCCCNc1cc(NCc2ccc[nH+]c2)n2ncc(CC)c2n1. The second kappa shape index (κ2) is 10.3. The predicted molar refractivity (Wildman–Crippen MR) is 110 cm³/mol. The average molecular weight is 379 g/mol. The van der Waals surface area contributed by atoms with Gasteiger partial charge in [-0.1, -0.05) is 6.92 Å². The van der Waals surface area contributed by atoms with Gasteiger partial charge in [0.2, 0.25) is 0 Å². The Kier molecular flexibility index (Phi) is 7.21. The Labute approximate surface area is 165 Å². The number of hydrogen-bond acceptors (Lipinski definition) is 5. The van der Waals surface area contributed by atoms with Gasteiger partial charge in [0.15, 0.2) is 18.0 Å². The molecule has 3 N–H and O–H groups in total. The Hall–Kier alpha value is -3.11. The molecule has 0 saturated carbocycles. The van der Waals surface area contributed by atoms with Crippen molar-refractivity contribution in [2.75, 3.05) is 30.4 Å². The first-order valence-electron chi connectivity index (χ1n) is 9.63. The Morgan fingerprint density at radius 2 is 2.25 bits per heavy atom. The van der Waals surface area contributed by atoms with E-state index in [9.17, 15) is 0 Å². The molecule has 3 aromatic rings. The highest BCUT2D eigenvalue weighted by molar-refractivity contribution is 5.60. The quantitative estimate of drug-likeness (QED) is 0.395. The molecule has 28 heavy (non-hydrogen) atoms. The zero-order valence-corrected chi connectivity index (χ0v) is 16.2. The zero-order chi connectivity index (χ0) is 19.6. The summed E-state index contributed by atoms with van der Waals surface area (Å²) in [7, 11) is 0. The first-order chi connectivity index (χ1) is 13.8. The number of aryl methyl sites for hydroxylation is 1. The van der Waals surface area contributed by atoms with Gasteiger partial charge in [-0.05, 0) is 18.9 Å². The highest BCUT2D eigenvalue weighted by Crippen LogP contribution is 2.20. The third kappa shape index (κ3) is 5.21. The van der Waals surface area contributed by atoms with Gasteiger partial charge in [0.25, 0.3) is 0 Å². The Morgan fingerprint density at radius 3 is 3.04 bits per heavy atom. The molecule has 0 bridgehead atoms. The molecule has 0 aliphatic carbocycles. The second-order valence-electron chi connectivity index (χ2n) is 6.40. The summed E-state index contributed by atoms with van der Waals surface area (Å²) >= 11 is 0. The van der Waals surface area contributed by atoms with E-state index in [2.05, 4.69) is 39.6 Å². The highest BCUT2D eigenvalue weighted by Gasteiger charge is 2.11. The summed E-state index contributed by atoms with van der Waals surface area (Å²) in [5.41, 5.74) is 3.16. The van der Waals surface area contributed by atoms with Crippen LogP contribution in [0.3, 0.4) is 0 Å². The van der Waals surface area contributed by atoms with Crippen LogP contribution in [-0.4, -0.2) is 34.4 Å². The summed E-state index contributed by atoms with van der Waals surface area (Å²) < 4.78 is 7.35. The molecule has 0 unspecified atom stereocenters. The fourth-order valence-corrected chi connectivity index (χ4v) is 2.83. The normalized spacial score (nSPS) is 10.7. The largest absolute Gasteiger partial charge is 0.380 e. The van der Waals surface area contributed by atoms with Crippen molar-refractivity contribution in [2.45, 2.75) is 32.7 Å². The molecular formula is C21H27N6O+. The summed E-state index contributed by atoms with van der Waals surface area (Å²) in [5, 5.41) is 11.4. The lowest BCUT2D eigenvalue weighted by atomic mass is 10.2. The number of anilines is 2. The number of nitrogens with zero attached hydrogens (tertiary/aromatic N) is 3. The molecule has 3 aromatic heterocycles. The van der Waals surface area contributed by atoms with E-state index in [0.29, 0.717) is 26.2 Å². The van der Waals surface area contributed by atoms with E-state index in [1.165, 1.54) is 0 Å². The monoisotopic (exact) mass is 379 g/mol. The molecule has 0 spiro atoms. The molecule has 7 nitrogen and oxygen atoms in total. The van der Waals surface area contributed by atoms with Gasteiger partial charge in [0, 0.05) is 49.4 Å². The molecule has 0 saturated heterocycles. The van der Waals surface area contributed by atoms with Crippen LogP contribution in [0.5, 0.6) is 0 Å². The van der Waals surface area contributed by atoms with Crippen molar-refractivity contribution in [2.24, 2.45) is 0 Å². The number of terminal acetylenes is 1. The molecule has 0 aliphatic heterocycles. The molecule has 7 heteroatoms. The van der Waals surface area contributed by atoms with Gasteiger partial charge in [-0.3, -0.25) is 0 Å². The summed E-state index contributed by atoms with van der Waals surface area (Å²) in [6.45, 7) is 4.88. The molecule has 0 aliphatic rings. The Bertz CT molecular complexity index is 916. The number of ether oxygens (including phenoxy) is 1. The van der Waals surface area contributed by atoms with E-state index in [-0.39, 0.29) is 0 Å². The van der Waals surface area contributed by atoms with E-state index >= 15 is 0 Å². The van der Waals surface area contributed by atoms with Gasteiger partial charge in [0.05, 0.1) is 12.8 Å². The molecule has 3 rings (SSSR count). The van der Waals surface area contributed by atoms with Gasteiger partial charge in [0.1, 0.15) is 11.6 Å². The summed E-state index contributed by atoms with van der Waals surface area (Å²) in [6.07, 6.45) is 13.4.